The third-order valence-electron chi connectivity index (χ3n) is 3.64. The van der Waals surface area contributed by atoms with Crippen LogP contribution in [-0.4, -0.2) is 44.2 Å². The summed E-state index contributed by atoms with van der Waals surface area (Å²) >= 11 is 1.35. The molecule has 10 heteroatoms. The number of nitrogens with two attached hydrogens (primary N) is 1. The molecule has 0 atom stereocenters. The summed E-state index contributed by atoms with van der Waals surface area (Å²) in [7, 11) is 3.69. The molecule has 0 spiro atoms. The van der Waals surface area contributed by atoms with Crippen LogP contribution in [0.2, 0.25) is 0 Å². The zero-order valence-electron chi connectivity index (χ0n) is 14.2. The second-order valence-electron chi connectivity index (χ2n) is 5.71. The van der Waals surface area contributed by atoms with E-state index in [4.69, 9.17) is 10.2 Å². The second kappa shape index (κ2) is 6.64. The highest BCUT2D eigenvalue weighted by Gasteiger charge is 2.14. The molecule has 4 aromatic rings. The number of fused-ring (bicyclic) bond motifs is 1. The van der Waals surface area contributed by atoms with Crippen LogP contribution in [0.1, 0.15) is 5.82 Å². The van der Waals surface area contributed by atoms with Crippen molar-refractivity contribution in [3.8, 4) is 11.5 Å². The number of aromatic amines is 1. The summed E-state index contributed by atoms with van der Waals surface area (Å²) in [6, 6.07) is 7.95. The monoisotopic (exact) mass is 368 g/mol. The van der Waals surface area contributed by atoms with Gasteiger partial charge >= 0.3 is 0 Å². The van der Waals surface area contributed by atoms with Crippen LogP contribution in [0.15, 0.2) is 40.1 Å². The predicted molar refractivity (Wildman–Crippen MR) is 99.7 cm³/mol. The van der Waals surface area contributed by atoms with E-state index in [2.05, 4.69) is 30.1 Å². The Hall–Kier alpha value is -3.14. The Labute approximate surface area is 153 Å². The Morgan fingerprint density at radius 1 is 1.15 bits per heavy atom. The molecule has 0 aliphatic heterocycles. The highest BCUT2D eigenvalue weighted by atomic mass is 32.2. The number of nitrogens with zero attached hydrogens (tertiary/aromatic N) is 6. The van der Waals surface area contributed by atoms with Gasteiger partial charge < -0.3 is 20.0 Å². The number of aromatic nitrogens is 6. The molecule has 26 heavy (non-hydrogen) atoms. The minimum absolute atomic E-state index is 0.185. The molecule has 0 aliphatic rings. The highest BCUT2D eigenvalue weighted by Crippen LogP contribution is 2.30. The van der Waals surface area contributed by atoms with E-state index >= 15 is 0 Å². The molecular weight excluding hydrogens is 352 g/mol. The zero-order chi connectivity index (χ0) is 18.1. The van der Waals surface area contributed by atoms with Crippen molar-refractivity contribution in [1.82, 2.24) is 30.1 Å². The molecule has 4 rings (SSSR count). The van der Waals surface area contributed by atoms with E-state index in [-0.39, 0.29) is 5.95 Å². The summed E-state index contributed by atoms with van der Waals surface area (Å²) < 4.78 is 5.77. The topological polar surface area (TPSA) is 123 Å². The van der Waals surface area contributed by atoms with Gasteiger partial charge in [0.25, 0.3) is 11.1 Å². The van der Waals surface area contributed by atoms with Crippen LogP contribution in [0.5, 0.6) is 0 Å². The third-order valence-corrected chi connectivity index (χ3v) is 4.45. The maximum atomic E-state index is 5.77. The van der Waals surface area contributed by atoms with Crippen LogP contribution in [-0.2, 0) is 5.75 Å². The first kappa shape index (κ1) is 16.3. The van der Waals surface area contributed by atoms with Crippen LogP contribution in [0.3, 0.4) is 0 Å². The molecular formula is C16H16N8OS. The number of para-hydroxylation sites is 1. The van der Waals surface area contributed by atoms with Crippen molar-refractivity contribution in [3.05, 3.63) is 36.3 Å². The second-order valence-corrected chi connectivity index (χ2v) is 6.64. The number of hydrogen-bond donors (Lipinski definition) is 2. The number of nitrogen functional groups attached to an aromatic ring is 1. The van der Waals surface area contributed by atoms with Crippen molar-refractivity contribution in [1.29, 1.82) is 0 Å². The summed E-state index contributed by atoms with van der Waals surface area (Å²) in [4.78, 5) is 17.5. The fraction of sp³-hybridized carbons (Fsp3) is 0.188. The fourth-order valence-corrected chi connectivity index (χ4v) is 3.06. The van der Waals surface area contributed by atoms with Crippen molar-refractivity contribution in [2.24, 2.45) is 0 Å². The van der Waals surface area contributed by atoms with E-state index in [1.165, 1.54) is 11.8 Å². The Morgan fingerprint density at radius 2 is 2.00 bits per heavy atom. The van der Waals surface area contributed by atoms with Gasteiger partial charge in [0.2, 0.25) is 11.9 Å². The quantitative estimate of drug-likeness (QED) is 0.511. The smallest absolute Gasteiger partial charge is 0.277 e. The first-order chi connectivity index (χ1) is 12.6. The Morgan fingerprint density at radius 3 is 2.85 bits per heavy atom. The van der Waals surface area contributed by atoms with E-state index in [9.17, 15) is 0 Å². The lowest BCUT2D eigenvalue weighted by Gasteiger charge is -2.10. The van der Waals surface area contributed by atoms with Crippen LogP contribution in [0.4, 0.5) is 11.9 Å². The number of rotatable bonds is 5. The van der Waals surface area contributed by atoms with Gasteiger partial charge in [-0.1, -0.05) is 30.0 Å². The lowest BCUT2D eigenvalue weighted by Crippen LogP contribution is -2.15. The van der Waals surface area contributed by atoms with Crippen LogP contribution < -0.4 is 10.6 Å². The molecule has 0 amide bonds. The van der Waals surface area contributed by atoms with Crippen molar-refractivity contribution >= 4 is 34.6 Å². The highest BCUT2D eigenvalue weighted by molar-refractivity contribution is 7.98. The zero-order valence-corrected chi connectivity index (χ0v) is 15.0. The Bertz CT molecular complexity index is 1060. The molecule has 0 radical (unpaired) electrons. The normalized spacial score (nSPS) is 11.2. The maximum Gasteiger partial charge on any atom is 0.277 e. The largest absolute Gasteiger partial charge is 0.411 e. The maximum absolute atomic E-state index is 5.77. The van der Waals surface area contributed by atoms with E-state index in [0.29, 0.717) is 28.6 Å². The standard InChI is InChI=1S/C16H16N8OS/c1-24(2)15-20-12(19-14(17)21-15)8-26-16-23-22-13(25-16)10-7-18-11-6-4-3-5-9(10)11/h3-7,18H,8H2,1-2H3,(H2,17,19,20,21). The summed E-state index contributed by atoms with van der Waals surface area (Å²) in [5.74, 6) is 2.16. The lowest BCUT2D eigenvalue weighted by molar-refractivity contribution is 0.466. The average molecular weight is 368 g/mol. The van der Waals surface area contributed by atoms with E-state index < -0.39 is 0 Å². The van der Waals surface area contributed by atoms with Crippen molar-refractivity contribution < 1.29 is 4.42 Å². The SMILES string of the molecule is CN(C)c1nc(N)nc(CSc2nnc(-c3c[nH]c4ccccc34)o2)n1. The molecule has 0 bridgehead atoms. The number of H-pyrrole nitrogens is 1. The number of benzene rings is 1. The summed E-state index contributed by atoms with van der Waals surface area (Å²) in [6.45, 7) is 0. The Kier molecular flexibility index (Phi) is 4.17. The first-order valence-corrected chi connectivity index (χ1v) is 8.79. The third kappa shape index (κ3) is 3.18. The fourth-order valence-electron chi connectivity index (χ4n) is 2.44. The van der Waals surface area contributed by atoms with Crippen molar-refractivity contribution in [2.75, 3.05) is 24.7 Å². The van der Waals surface area contributed by atoms with Gasteiger partial charge in [0.1, 0.15) is 5.82 Å². The summed E-state index contributed by atoms with van der Waals surface area (Å²) in [6.07, 6.45) is 1.86. The van der Waals surface area contributed by atoms with Gasteiger partial charge in [-0.05, 0) is 6.07 Å². The molecule has 9 nitrogen and oxygen atoms in total. The summed E-state index contributed by atoms with van der Waals surface area (Å²) in [5.41, 5.74) is 7.63. The van der Waals surface area contributed by atoms with Crippen molar-refractivity contribution in [2.45, 2.75) is 11.0 Å². The average Bonchev–Trinajstić information content (AvgIpc) is 3.26. The number of nitrogens with one attached hydrogen (secondary N) is 1. The van der Waals surface area contributed by atoms with Gasteiger partial charge in [0, 0.05) is 31.2 Å². The molecule has 0 fully saturated rings. The molecule has 132 valence electrons. The van der Waals surface area contributed by atoms with Crippen LogP contribution in [0, 0.1) is 0 Å². The molecule has 0 saturated heterocycles. The number of anilines is 2. The number of thioether (sulfide) groups is 1. The van der Waals surface area contributed by atoms with E-state index in [0.717, 1.165) is 16.5 Å². The van der Waals surface area contributed by atoms with Crippen molar-refractivity contribution in [3.63, 3.8) is 0 Å². The van der Waals surface area contributed by atoms with Gasteiger partial charge in [-0.25, -0.2) is 0 Å². The van der Waals surface area contributed by atoms with Gasteiger partial charge in [0.05, 0.1) is 11.3 Å². The van der Waals surface area contributed by atoms with Gasteiger partial charge in [0.15, 0.2) is 0 Å². The lowest BCUT2D eigenvalue weighted by atomic mass is 10.2. The number of hydrogen-bond acceptors (Lipinski definition) is 9. The first-order valence-electron chi connectivity index (χ1n) is 7.80. The molecule has 3 aromatic heterocycles. The predicted octanol–water partition coefficient (Wildman–Crippen LogP) is 2.34. The minimum Gasteiger partial charge on any atom is -0.411 e. The van der Waals surface area contributed by atoms with Crippen LogP contribution >= 0.6 is 11.8 Å². The molecule has 0 saturated carbocycles. The van der Waals surface area contributed by atoms with E-state index in [1.807, 2.05) is 44.6 Å². The molecule has 1 aromatic carbocycles. The van der Waals surface area contributed by atoms with Gasteiger partial charge in [-0.2, -0.15) is 15.0 Å². The minimum atomic E-state index is 0.185. The molecule has 0 unspecified atom stereocenters. The molecule has 3 N–H and O–H groups in total. The molecule has 3 heterocycles. The van der Waals surface area contributed by atoms with E-state index in [1.54, 1.807) is 4.90 Å². The summed E-state index contributed by atoms with van der Waals surface area (Å²) in [5, 5.41) is 9.71. The van der Waals surface area contributed by atoms with Crippen LogP contribution in [0.25, 0.3) is 22.4 Å². The van der Waals surface area contributed by atoms with Gasteiger partial charge in [-0.15, -0.1) is 10.2 Å². The molecule has 0 aliphatic carbocycles. The Balaban J connectivity index is 1.53. The van der Waals surface area contributed by atoms with Gasteiger partial charge in [-0.3, -0.25) is 0 Å².